The molecule has 0 spiro atoms. The van der Waals surface area contributed by atoms with E-state index in [0.29, 0.717) is 0 Å². The topological polar surface area (TPSA) is 34.2 Å². The predicted octanol–water partition coefficient (Wildman–Crippen LogP) is 2.28. The summed E-state index contributed by atoms with van der Waals surface area (Å²) in [4.78, 5) is 5.86. The third-order valence-corrected chi connectivity index (χ3v) is 4.20. The number of ether oxygens (including phenoxy) is 1. The molecule has 16 heavy (non-hydrogen) atoms. The molecule has 2 heterocycles. The van der Waals surface area contributed by atoms with E-state index in [1.165, 1.54) is 28.4 Å². The van der Waals surface area contributed by atoms with Crippen molar-refractivity contribution in [1.82, 2.24) is 10.3 Å². The Morgan fingerprint density at radius 1 is 1.38 bits per heavy atom. The molecule has 0 amide bonds. The molecule has 0 unspecified atom stereocenters. The van der Waals surface area contributed by atoms with Crippen LogP contribution in [0.15, 0.2) is 0 Å². The number of hydrogen-bond acceptors (Lipinski definition) is 4. The largest absolute Gasteiger partial charge is 0.381 e. The van der Waals surface area contributed by atoms with E-state index >= 15 is 0 Å². The molecule has 1 saturated heterocycles. The van der Waals surface area contributed by atoms with Crippen LogP contribution in [0.3, 0.4) is 0 Å². The molecular formula is C12H20N2OS. The Balaban J connectivity index is 1.71. The fourth-order valence-electron chi connectivity index (χ4n) is 1.95. The quantitative estimate of drug-likeness (QED) is 0.876. The summed E-state index contributed by atoms with van der Waals surface area (Å²) in [7, 11) is 0. The normalized spacial score (nSPS) is 17.9. The Bertz CT molecular complexity index is 312. The number of rotatable bonds is 4. The fraction of sp³-hybridized carbons (Fsp3) is 0.750. The molecule has 3 nitrogen and oxygen atoms in total. The van der Waals surface area contributed by atoms with Gasteiger partial charge in [-0.15, -0.1) is 11.3 Å². The minimum absolute atomic E-state index is 0.788. The summed E-state index contributed by atoms with van der Waals surface area (Å²) in [5.41, 5.74) is 1.17. The Morgan fingerprint density at radius 3 is 2.75 bits per heavy atom. The zero-order valence-electron chi connectivity index (χ0n) is 10.1. The summed E-state index contributed by atoms with van der Waals surface area (Å²) >= 11 is 1.80. The van der Waals surface area contributed by atoms with Crippen molar-refractivity contribution in [2.45, 2.75) is 33.2 Å². The first-order valence-corrected chi connectivity index (χ1v) is 6.78. The molecule has 1 N–H and O–H groups in total. The van der Waals surface area contributed by atoms with Crippen molar-refractivity contribution in [3.63, 3.8) is 0 Å². The zero-order valence-corrected chi connectivity index (χ0v) is 10.9. The SMILES string of the molecule is Cc1nc(CNCC2CCOCC2)sc1C. The first-order chi connectivity index (χ1) is 7.75. The van der Waals surface area contributed by atoms with Crippen LogP contribution in [-0.4, -0.2) is 24.7 Å². The third-order valence-electron chi connectivity index (χ3n) is 3.12. The zero-order chi connectivity index (χ0) is 11.4. The van der Waals surface area contributed by atoms with Gasteiger partial charge in [-0.25, -0.2) is 4.98 Å². The number of aryl methyl sites for hydroxylation is 2. The molecule has 4 heteroatoms. The van der Waals surface area contributed by atoms with Gasteiger partial charge in [0.25, 0.3) is 0 Å². The molecule has 1 aliphatic heterocycles. The lowest BCUT2D eigenvalue weighted by Crippen LogP contribution is -2.27. The van der Waals surface area contributed by atoms with Crippen molar-refractivity contribution in [2.24, 2.45) is 5.92 Å². The van der Waals surface area contributed by atoms with Gasteiger partial charge in [0.05, 0.1) is 5.69 Å². The van der Waals surface area contributed by atoms with Crippen LogP contribution in [0.25, 0.3) is 0 Å². The van der Waals surface area contributed by atoms with Gasteiger partial charge in [0.15, 0.2) is 0 Å². The molecular weight excluding hydrogens is 220 g/mol. The van der Waals surface area contributed by atoms with Crippen LogP contribution in [0.2, 0.25) is 0 Å². The van der Waals surface area contributed by atoms with Gasteiger partial charge in [0, 0.05) is 24.6 Å². The fourth-order valence-corrected chi connectivity index (χ4v) is 2.85. The van der Waals surface area contributed by atoms with E-state index in [4.69, 9.17) is 4.74 Å². The van der Waals surface area contributed by atoms with Crippen LogP contribution in [0.4, 0.5) is 0 Å². The molecule has 1 aromatic rings. The first kappa shape index (κ1) is 12.0. The van der Waals surface area contributed by atoms with E-state index < -0.39 is 0 Å². The highest BCUT2D eigenvalue weighted by molar-refractivity contribution is 7.11. The minimum Gasteiger partial charge on any atom is -0.381 e. The lowest BCUT2D eigenvalue weighted by molar-refractivity contribution is 0.0662. The van der Waals surface area contributed by atoms with E-state index in [-0.39, 0.29) is 0 Å². The monoisotopic (exact) mass is 240 g/mol. The van der Waals surface area contributed by atoms with Gasteiger partial charge >= 0.3 is 0 Å². The number of aromatic nitrogens is 1. The molecule has 0 aromatic carbocycles. The molecule has 0 saturated carbocycles. The summed E-state index contributed by atoms with van der Waals surface area (Å²) < 4.78 is 5.35. The van der Waals surface area contributed by atoms with Gasteiger partial charge in [-0.2, -0.15) is 0 Å². The molecule has 2 rings (SSSR count). The van der Waals surface area contributed by atoms with Gasteiger partial charge in [0.2, 0.25) is 0 Å². The number of nitrogens with one attached hydrogen (secondary N) is 1. The van der Waals surface area contributed by atoms with Gasteiger partial charge in [-0.1, -0.05) is 0 Å². The van der Waals surface area contributed by atoms with Crippen LogP contribution >= 0.6 is 11.3 Å². The third kappa shape index (κ3) is 3.27. The molecule has 0 radical (unpaired) electrons. The smallest absolute Gasteiger partial charge is 0.107 e. The van der Waals surface area contributed by atoms with Gasteiger partial charge in [0.1, 0.15) is 5.01 Å². The van der Waals surface area contributed by atoms with Crippen molar-refractivity contribution in [2.75, 3.05) is 19.8 Å². The van der Waals surface area contributed by atoms with Crippen LogP contribution in [0.5, 0.6) is 0 Å². The number of hydrogen-bond donors (Lipinski definition) is 1. The predicted molar refractivity (Wildman–Crippen MR) is 66.8 cm³/mol. The molecule has 0 atom stereocenters. The van der Waals surface area contributed by atoms with Crippen molar-refractivity contribution in [1.29, 1.82) is 0 Å². The van der Waals surface area contributed by atoms with Gasteiger partial charge in [-0.05, 0) is 39.2 Å². The van der Waals surface area contributed by atoms with Crippen LogP contribution in [-0.2, 0) is 11.3 Å². The second kappa shape index (κ2) is 5.75. The Morgan fingerprint density at radius 2 is 2.12 bits per heavy atom. The molecule has 0 bridgehead atoms. The average molecular weight is 240 g/mol. The standard InChI is InChI=1S/C12H20N2OS/c1-9-10(2)16-12(14-9)8-13-7-11-3-5-15-6-4-11/h11,13H,3-8H2,1-2H3. The van der Waals surface area contributed by atoms with E-state index in [0.717, 1.165) is 32.2 Å². The Hall–Kier alpha value is -0.450. The highest BCUT2D eigenvalue weighted by Crippen LogP contribution is 2.17. The molecule has 90 valence electrons. The number of nitrogens with zero attached hydrogens (tertiary/aromatic N) is 1. The van der Waals surface area contributed by atoms with E-state index in [9.17, 15) is 0 Å². The second-order valence-electron chi connectivity index (χ2n) is 4.44. The summed E-state index contributed by atoms with van der Waals surface area (Å²) in [6, 6.07) is 0. The molecule has 1 aromatic heterocycles. The van der Waals surface area contributed by atoms with Crippen LogP contribution in [0, 0.1) is 19.8 Å². The lowest BCUT2D eigenvalue weighted by atomic mass is 10.0. The maximum absolute atomic E-state index is 5.35. The van der Waals surface area contributed by atoms with E-state index in [1.807, 2.05) is 0 Å². The molecule has 1 aliphatic rings. The van der Waals surface area contributed by atoms with E-state index in [2.05, 4.69) is 24.1 Å². The Labute approximate surface area is 101 Å². The number of thiazole rings is 1. The van der Waals surface area contributed by atoms with Crippen molar-refractivity contribution < 1.29 is 4.74 Å². The van der Waals surface area contributed by atoms with E-state index in [1.54, 1.807) is 11.3 Å². The highest BCUT2D eigenvalue weighted by Gasteiger charge is 2.13. The minimum atomic E-state index is 0.788. The Kier molecular flexibility index (Phi) is 4.32. The maximum atomic E-state index is 5.35. The summed E-state index contributed by atoms with van der Waals surface area (Å²) in [6.07, 6.45) is 2.39. The summed E-state index contributed by atoms with van der Waals surface area (Å²) in [5.74, 6) is 0.788. The van der Waals surface area contributed by atoms with Gasteiger partial charge < -0.3 is 10.1 Å². The van der Waals surface area contributed by atoms with Crippen molar-refractivity contribution >= 4 is 11.3 Å². The van der Waals surface area contributed by atoms with Crippen LogP contribution in [0.1, 0.15) is 28.4 Å². The maximum Gasteiger partial charge on any atom is 0.107 e. The van der Waals surface area contributed by atoms with Crippen molar-refractivity contribution in [3.8, 4) is 0 Å². The van der Waals surface area contributed by atoms with Crippen molar-refractivity contribution in [3.05, 3.63) is 15.6 Å². The highest BCUT2D eigenvalue weighted by atomic mass is 32.1. The first-order valence-electron chi connectivity index (χ1n) is 5.97. The van der Waals surface area contributed by atoms with Crippen LogP contribution < -0.4 is 5.32 Å². The molecule has 0 aliphatic carbocycles. The van der Waals surface area contributed by atoms with Gasteiger partial charge in [-0.3, -0.25) is 0 Å². The molecule has 1 fully saturated rings. The summed E-state index contributed by atoms with van der Waals surface area (Å²) in [6.45, 7) is 8.09. The second-order valence-corrected chi connectivity index (χ2v) is 5.72. The summed E-state index contributed by atoms with van der Waals surface area (Å²) in [5, 5.41) is 4.71. The average Bonchev–Trinajstić information content (AvgIpc) is 2.60. The lowest BCUT2D eigenvalue weighted by Gasteiger charge is -2.21.